The molecule has 242 valence electrons. The van der Waals surface area contributed by atoms with E-state index in [0.29, 0.717) is 51.4 Å². The van der Waals surface area contributed by atoms with Crippen LogP contribution < -0.4 is 18.9 Å². The molecule has 6 nitrogen and oxygen atoms in total. The number of methoxy groups -OCH3 is 2. The van der Waals surface area contributed by atoms with Gasteiger partial charge in [0, 0.05) is 25.7 Å². The van der Waals surface area contributed by atoms with Gasteiger partial charge >= 0.3 is 0 Å². The van der Waals surface area contributed by atoms with Crippen LogP contribution in [0.5, 0.6) is 23.0 Å². The molecule has 4 fully saturated rings. The van der Waals surface area contributed by atoms with E-state index in [1.165, 1.54) is 25.7 Å². The molecule has 0 atom stereocenters. The van der Waals surface area contributed by atoms with Crippen LogP contribution in [0.4, 0.5) is 0 Å². The van der Waals surface area contributed by atoms with E-state index in [0.717, 1.165) is 59.8 Å². The zero-order valence-electron chi connectivity index (χ0n) is 27.4. The van der Waals surface area contributed by atoms with Crippen LogP contribution in [-0.4, -0.2) is 38.0 Å². The second-order valence-electron chi connectivity index (χ2n) is 13.5. The van der Waals surface area contributed by atoms with Crippen LogP contribution in [-0.2, 0) is 20.4 Å². The fourth-order valence-corrected chi connectivity index (χ4v) is 7.69. The van der Waals surface area contributed by atoms with E-state index in [9.17, 15) is 9.59 Å². The Morgan fingerprint density at radius 2 is 0.935 bits per heavy atom. The summed E-state index contributed by atoms with van der Waals surface area (Å²) < 4.78 is 24.2. The summed E-state index contributed by atoms with van der Waals surface area (Å²) in [6.45, 7) is 0. The van der Waals surface area contributed by atoms with Gasteiger partial charge in [0.25, 0.3) is 0 Å². The van der Waals surface area contributed by atoms with Gasteiger partial charge in [0.1, 0.15) is 11.6 Å². The fourth-order valence-electron chi connectivity index (χ4n) is 7.69. The maximum atomic E-state index is 12.4. The molecule has 0 amide bonds. The summed E-state index contributed by atoms with van der Waals surface area (Å²) in [5.41, 5.74) is 1.09. The molecule has 4 saturated carbocycles. The van der Waals surface area contributed by atoms with Crippen molar-refractivity contribution in [1.29, 1.82) is 0 Å². The molecule has 46 heavy (non-hydrogen) atoms. The standard InChI is InChI=1S/C40H46O6/c1-43-35-15-13-29(27-37(35)45-33-9-3-4-10-33)39(23-17-31(41)18-24-39)21-7-8-22-40(25-19-32(42)20-26-40)30-14-16-36(44-2)38(28-30)46-34-11-5-6-12-34/h13-16,27-28,33-34H,3-6,9-12,17-20,23-26H2,1-2H3. The van der Waals surface area contributed by atoms with E-state index in [2.05, 4.69) is 47.9 Å². The molecular weight excluding hydrogens is 576 g/mol. The van der Waals surface area contributed by atoms with E-state index in [1.54, 1.807) is 14.2 Å². The van der Waals surface area contributed by atoms with Crippen molar-refractivity contribution in [2.24, 2.45) is 0 Å². The quantitative estimate of drug-likeness (QED) is 0.280. The summed E-state index contributed by atoms with van der Waals surface area (Å²) >= 11 is 0. The van der Waals surface area contributed by atoms with E-state index >= 15 is 0 Å². The molecule has 4 aliphatic carbocycles. The van der Waals surface area contributed by atoms with Crippen LogP contribution in [0.15, 0.2) is 36.4 Å². The third kappa shape index (κ3) is 7.07. The van der Waals surface area contributed by atoms with Gasteiger partial charge in [-0.1, -0.05) is 24.0 Å². The minimum absolute atomic E-state index is 0.200. The molecule has 0 saturated heterocycles. The first kappa shape index (κ1) is 32.1. The Morgan fingerprint density at radius 1 is 0.565 bits per heavy atom. The number of benzene rings is 2. The lowest BCUT2D eigenvalue weighted by Gasteiger charge is -2.33. The summed E-state index contributed by atoms with van der Waals surface area (Å²) in [6.07, 6.45) is 13.9. The molecule has 0 unspecified atom stereocenters. The highest BCUT2D eigenvalue weighted by molar-refractivity contribution is 5.80. The zero-order valence-corrected chi connectivity index (χ0v) is 27.4. The average molecular weight is 623 g/mol. The Hall–Kier alpha value is -3.90. The van der Waals surface area contributed by atoms with Crippen molar-refractivity contribution in [2.75, 3.05) is 14.2 Å². The van der Waals surface area contributed by atoms with Crippen molar-refractivity contribution >= 4 is 11.6 Å². The number of hydrogen-bond acceptors (Lipinski definition) is 6. The van der Waals surface area contributed by atoms with Gasteiger partial charge in [-0.2, -0.15) is 0 Å². The monoisotopic (exact) mass is 622 g/mol. The van der Waals surface area contributed by atoms with Crippen molar-refractivity contribution in [3.8, 4) is 46.7 Å². The van der Waals surface area contributed by atoms with Crippen LogP contribution in [0.2, 0.25) is 0 Å². The largest absolute Gasteiger partial charge is 0.493 e. The predicted molar refractivity (Wildman–Crippen MR) is 178 cm³/mol. The Balaban J connectivity index is 1.33. The molecule has 0 spiro atoms. The number of carbonyl (C=O) groups excluding carboxylic acids is 2. The van der Waals surface area contributed by atoms with Crippen LogP contribution >= 0.6 is 0 Å². The molecule has 6 heteroatoms. The van der Waals surface area contributed by atoms with Gasteiger partial charge in [-0.05, 0) is 124 Å². The van der Waals surface area contributed by atoms with Crippen molar-refractivity contribution < 1.29 is 28.5 Å². The lowest BCUT2D eigenvalue weighted by molar-refractivity contribution is -0.121. The zero-order chi connectivity index (χ0) is 32.0. The first-order valence-electron chi connectivity index (χ1n) is 17.2. The summed E-state index contributed by atoms with van der Waals surface area (Å²) in [6, 6.07) is 12.2. The summed E-state index contributed by atoms with van der Waals surface area (Å²) in [5, 5.41) is 0. The predicted octanol–water partition coefficient (Wildman–Crippen LogP) is 7.82. The molecule has 0 N–H and O–H groups in total. The molecule has 0 aliphatic heterocycles. The summed E-state index contributed by atoms with van der Waals surface area (Å²) in [4.78, 5) is 24.7. The maximum Gasteiger partial charge on any atom is 0.161 e. The average Bonchev–Trinajstić information content (AvgIpc) is 3.80. The number of carbonyl (C=O) groups is 2. The normalized spacial score (nSPS) is 21.1. The Labute approximate surface area is 273 Å². The Bertz CT molecular complexity index is 1420. The second-order valence-corrected chi connectivity index (χ2v) is 13.5. The SMILES string of the molecule is COc1ccc(C2(C#CC#CC3(c4ccc(OC)c(OC5CCCC5)c4)CCC(=O)CC3)CCC(=O)CC2)cc1OC1CCCC1. The van der Waals surface area contributed by atoms with Crippen molar-refractivity contribution in [3.63, 3.8) is 0 Å². The highest BCUT2D eigenvalue weighted by Crippen LogP contribution is 2.44. The van der Waals surface area contributed by atoms with E-state index < -0.39 is 10.8 Å². The number of rotatable bonds is 8. The highest BCUT2D eigenvalue weighted by Gasteiger charge is 2.37. The molecule has 0 heterocycles. The second kappa shape index (κ2) is 14.3. The fraction of sp³-hybridized carbons (Fsp3) is 0.550. The van der Waals surface area contributed by atoms with E-state index in [1.807, 2.05) is 12.1 Å². The lowest BCUT2D eigenvalue weighted by atomic mass is 9.69. The Morgan fingerprint density at radius 3 is 1.28 bits per heavy atom. The number of Topliss-reactive ketones (excluding diaryl/α,β-unsaturated/α-hetero) is 2. The molecule has 6 rings (SSSR count). The van der Waals surface area contributed by atoms with E-state index in [4.69, 9.17) is 18.9 Å². The minimum atomic E-state index is -0.499. The third-order valence-electron chi connectivity index (χ3n) is 10.6. The minimum Gasteiger partial charge on any atom is -0.493 e. The first-order chi connectivity index (χ1) is 22.4. The molecule has 0 bridgehead atoms. The molecule has 4 aliphatic rings. The topological polar surface area (TPSA) is 71.1 Å². The van der Waals surface area contributed by atoms with Gasteiger partial charge in [-0.25, -0.2) is 0 Å². The lowest BCUT2D eigenvalue weighted by Crippen LogP contribution is -2.31. The van der Waals surface area contributed by atoms with Gasteiger partial charge in [-0.3, -0.25) is 9.59 Å². The van der Waals surface area contributed by atoms with E-state index in [-0.39, 0.29) is 23.8 Å². The molecular formula is C40H46O6. The number of ketones is 2. The van der Waals surface area contributed by atoms with Crippen LogP contribution in [0.1, 0.15) is 114 Å². The molecule has 2 aromatic carbocycles. The third-order valence-corrected chi connectivity index (χ3v) is 10.6. The first-order valence-corrected chi connectivity index (χ1v) is 17.2. The molecule has 2 aromatic rings. The van der Waals surface area contributed by atoms with Gasteiger partial charge in [0.15, 0.2) is 23.0 Å². The smallest absolute Gasteiger partial charge is 0.161 e. The van der Waals surface area contributed by atoms with Crippen molar-refractivity contribution in [2.45, 2.75) is 126 Å². The summed E-state index contributed by atoms with van der Waals surface area (Å²) in [7, 11) is 3.34. The van der Waals surface area contributed by atoms with Gasteiger partial charge < -0.3 is 18.9 Å². The van der Waals surface area contributed by atoms with Crippen LogP contribution in [0.25, 0.3) is 0 Å². The van der Waals surface area contributed by atoms with Crippen LogP contribution in [0, 0.1) is 23.7 Å². The highest BCUT2D eigenvalue weighted by atomic mass is 16.5. The van der Waals surface area contributed by atoms with Gasteiger partial charge in [0.2, 0.25) is 0 Å². The number of hydrogen-bond donors (Lipinski definition) is 0. The maximum absolute atomic E-state index is 12.4. The van der Waals surface area contributed by atoms with Gasteiger partial charge in [-0.15, -0.1) is 0 Å². The Kier molecular flexibility index (Phi) is 9.93. The van der Waals surface area contributed by atoms with Crippen molar-refractivity contribution in [1.82, 2.24) is 0 Å². The molecule has 0 aromatic heterocycles. The summed E-state index contributed by atoms with van der Waals surface area (Å²) in [5.74, 6) is 17.1. The van der Waals surface area contributed by atoms with Crippen LogP contribution in [0.3, 0.4) is 0 Å². The van der Waals surface area contributed by atoms with Gasteiger partial charge in [0.05, 0.1) is 37.3 Å². The number of ether oxygens (including phenoxy) is 4. The molecule has 0 radical (unpaired) electrons. The van der Waals surface area contributed by atoms with Crippen molar-refractivity contribution in [3.05, 3.63) is 47.5 Å².